The Hall–Kier alpha value is -1.36. The Morgan fingerprint density at radius 3 is 2.58 bits per heavy atom. The number of likely N-dealkylation sites (N-methyl/N-ethyl adjacent to an activating group) is 1. The topological polar surface area (TPSA) is 50.3 Å². The molecule has 1 N–H and O–H groups in total. The molecule has 1 heterocycles. The van der Waals surface area contributed by atoms with E-state index in [9.17, 15) is 0 Å². The van der Waals surface area contributed by atoms with E-state index in [-0.39, 0.29) is 0 Å². The second-order valence-corrected chi connectivity index (χ2v) is 4.47. The Morgan fingerprint density at radius 2 is 1.95 bits per heavy atom. The van der Waals surface area contributed by atoms with Crippen LogP contribution in [-0.2, 0) is 0 Å². The van der Waals surface area contributed by atoms with Gasteiger partial charge in [-0.2, -0.15) is 4.98 Å². The van der Waals surface area contributed by atoms with Gasteiger partial charge in [0.05, 0.1) is 6.61 Å². The highest BCUT2D eigenvalue weighted by atomic mass is 16.5. The number of nitrogens with zero attached hydrogens (tertiary/aromatic N) is 3. The first-order valence-corrected chi connectivity index (χ1v) is 7.14. The van der Waals surface area contributed by atoms with Crippen molar-refractivity contribution in [1.29, 1.82) is 0 Å². The van der Waals surface area contributed by atoms with Gasteiger partial charge in [0.2, 0.25) is 11.8 Å². The van der Waals surface area contributed by atoms with Gasteiger partial charge in [-0.05, 0) is 26.4 Å². The molecule has 0 aliphatic heterocycles. The van der Waals surface area contributed by atoms with Crippen LogP contribution in [0, 0.1) is 6.92 Å². The van der Waals surface area contributed by atoms with E-state index in [0.29, 0.717) is 18.4 Å². The smallest absolute Gasteiger partial charge is 0.226 e. The van der Waals surface area contributed by atoms with Gasteiger partial charge in [0.25, 0.3) is 0 Å². The predicted molar refractivity (Wildman–Crippen MR) is 78.8 cm³/mol. The maximum atomic E-state index is 5.54. The van der Waals surface area contributed by atoms with E-state index >= 15 is 0 Å². The Labute approximate surface area is 116 Å². The number of rotatable bonds is 9. The molecule has 1 aromatic rings. The summed E-state index contributed by atoms with van der Waals surface area (Å²) in [4.78, 5) is 11.1. The Bertz CT molecular complexity index is 366. The average molecular weight is 266 g/mol. The highest BCUT2D eigenvalue weighted by Gasteiger charge is 2.04. The van der Waals surface area contributed by atoms with E-state index in [0.717, 1.165) is 38.3 Å². The summed E-state index contributed by atoms with van der Waals surface area (Å²) in [5, 5.41) is 3.26. The number of hydrogen-bond donors (Lipinski definition) is 1. The highest BCUT2D eigenvalue weighted by molar-refractivity contribution is 5.30. The standard InChI is InChI=1S/C14H26N4O/c1-5-10-19-13-11-12(4)16-14(17-13)15-8-9-18(6-2)7-3/h11H,5-10H2,1-4H3,(H,15,16,17). The van der Waals surface area contributed by atoms with Gasteiger partial charge in [0.15, 0.2) is 0 Å². The largest absolute Gasteiger partial charge is 0.478 e. The van der Waals surface area contributed by atoms with Gasteiger partial charge in [-0.15, -0.1) is 0 Å². The van der Waals surface area contributed by atoms with Crippen LogP contribution < -0.4 is 10.1 Å². The van der Waals surface area contributed by atoms with Gasteiger partial charge >= 0.3 is 0 Å². The summed E-state index contributed by atoms with van der Waals surface area (Å²) in [7, 11) is 0. The molecule has 0 saturated heterocycles. The number of anilines is 1. The molecule has 0 atom stereocenters. The van der Waals surface area contributed by atoms with Crippen molar-refractivity contribution >= 4 is 5.95 Å². The molecule has 0 unspecified atom stereocenters. The summed E-state index contributed by atoms with van der Waals surface area (Å²) >= 11 is 0. The van der Waals surface area contributed by atoms with E-state index in [2.05, 4.69) is 41.0 Å². The number of nitrogens with one attached hydrogen (secondary N) is 1. The van der Waals surface area contributed by atoms with Gasteiger partial charge < -0.3 is 15.0 Å². The van der Waals surface area contributed by atoms with Crippen molar-refractivity contribution in [2.45, 2.75) is 34.1 Å². The number of aryl methyl sites for hydroxylation is 1. The fraction of sp³-hybridized carbons (Fsp3) is 0.714. The van der Waals surface area contributed by atoms with E-state index < -0.39 is 0 Å². The predicted octanol–water partition coefficient (Wildman–Crippen LogP) is 2.33. The first kappa shape index (κ1) is 15.7. The highest BCUT2D eigenvalue weighted by Crippen LogP contribution is 2.12. The Balaban J connectivity index is 2.50. The molecular formula is C14H26N4O. The first-order valence-electron chi connectivity index (χ1n) is 7.14. The quantitative estimate of drug-likeness (QED) is 0.743. The third-order valence-corrected chi connectivity index (χ3v) is 2.89. The molecule has 1 aromatic heterocycles. The van der Waals surface area contributed by atoms with Gasteiger partial charge in [0.1, 0.15) is 0 Å². The molecular weight excluding hydrogens is 240 g/mol. The molecule has 0 aromatic carbocycles. The lowest BCUT2D eigenvalue weighted by Gasteiger charge is -2.18. The minimum absolute atomic E-state index is 0.651. The summed E-state index contributed by atoms with van der Waals surface area (Å²) in [6.07, 6.45) is 0.980. The molecule has 0 aliphatic rings. The monoisotopic (exact) mass is 266 g/mol. The number of ether oxygens (including phenoxy) is 1. The third kappa shape index (κ3) is 5.87. The second-order valence-electron chi connectivity index (χ2n) is 4.47. The maximum Gasteiger partial charge on any atom is 0.226 e. The number of aromatic nitrogens is 2. The van der Waals surface area contributed by atoms with Crippen LogP contribution in [-0.4, -0.2) is 47.7 Å². The fourth-order valence-corrected chi connectivity index (χ4v) is 1.76. The molecule has 5 nitrogen and oxygen atoms in total. The van der Waals surface area contributed by atoms with E-state index in [1.54, 1.807) is 0 Å². The summed E-state index contributed by atoms with van der Waals surface area (Å²) in [5.74, 6) is 1.30. The van der Waals surface area contributed by atoms with Crippen LogP contribution in [0.5, 0.6) is 5.88 Å². The minimum Gasteiger partial charge on any atom is -0.478 e. The molecule has 0 aliphatic carbocycles. The lowest BCUT2D eigenvalue weighted by atomic mass is 10.4. The molecule has 0 radical (unpaired) electrons. The van der Waals surface area contributed by atoms with E-state index in [1.165, 1.54) is 0 Å². The SMILES string of the molecule is CCCOc1cc(C)nc(NCCN(CC)CC)n1. The molecule has 0 amide bonds. The fourth-order valence-electron chi connectivity index (χ4n) is 1.76. The van der Waals surface area contributed by atoms with Crippen molar-refractivity contribution < 1.29 is 4.74 Å². The van der Waals surface area contributed by atoms with Crippen molar-refractivity contribution in [3.8, 4) is 5.88 Å². The summed E-state index contributed by atoms with van der Waals surface area (Å²) < 4.78 is 5.54. The third-order valence-electron chi connectivity index (χ3n) is 2.89. The van der Waals surface area contributed by atoms with Crippen LogP contribution in [0.4, 0.5) is 5.95 Å². The lowest BCUT2D eigenvalue weighted by molar-refractivity contribution is 0.304. The Kier molecular flexibility index (Phi) is 7.18. The van der Waals surface area contributed by atoms with Gasteiger partial charge in [-0.25, -0.2) is 4.98 Å². The summed E-state index contributed by atoms with van der Waals surface area (Å²) in [5.41, 5.74) is 0.923. The summed E-state index contributed by atoms with van der Waals surface area (Å²) in [6.45, 7) is 13.0. The van der Waals surface area contributed by atoms with Crippen molar-refractivity contribution in [1.82, 2.24) is 14.9 Å². The molecule has 108 valence electrons. The van der Waals surface area contributed by atoms with Crippen LogP contribution in [0.1, 0.15) is 32.9 Å². The van der Waals surface area contributed by atoms with Gasteiger partial charge in [-0.3, -0.25) is 0 Å². The minimum atomic E-state index is 0.651. The van der Waals surface area contributed by atoms with Crippen LogP contribution in [0.3, 0.4) is 0 Å². The molecule has 0 spiro atoms. The maximum absolute atomic E-state index is 5.54. The average Bonchev–Trinajstić information content (AvgIpc) is 2.41. The Morgan fingerprint density at radius 1 is 1.21 bits per heavy atom. The molecule has 1 rings (SSSR count). The van der Waals surface area contributed by atoms with Crippen molar-refractivity contribution in [3.63, 3.8) is 0 Å². The number of hydrogen-bond acceptors (Lipinski definition) is 5. The summed E-state index contributed by atoms with van der Waals surface area (Å²) in [6, 6.07) is 1.87. The zero-order valence-corrected chi connectivity index (χ0v) is 12.6. The first-order chi connectivity index (χ1) is 9.19. The van der Waals surface area contributed by atoms with Crippen molar-refractivity contribution in [2.75, 3.05) is 38.1 Å². The molecule has 0 bridgehead atoms. The van der Waals surface area contributed by atoms with Crippen LogP contribution in [0.25, 0.3) is 0 Å². The zero-order valence-electron chi connectivity index (χ0n) is 12.6. The molecule has 0 saturated carbocycles. The second kappa shape index (κ2) is 8.69. The zero-order chi connectivity index (χ0) is 14.1. The van der Waals surface area contributed by atoms with Gasteiger partial charge in [-0.1, -0.05) is 20.8 Å². The van der Waals surface area contributed by atoms with Crippen molar-refractivity contribution in [2.24, 2.45) is 0 Å². The van der Waals surface area contributed by atoms with E-state index in [4.69, 9.17) is 4.74 Å². The molecule has 19 heavy (non-hydrogen) atoms. The van der Waals surface area contributed by atoms with Gasteiger partial charge in [0, 0.05) is 24.8 Å². The van der Waals surface area contributed by atoms with Crippen LogP contribution >= 0.6 is 0 Å². The van der Waals surface area contributed by atoms with Crippen LogP contribution in [0.15, 0.2) is 6.07 Å². The molecule has 5 heteroatoms. The molecule has 0 fully saturated rings. The van der Waals surface area contributed by atoms with E-state index in [1.807, 2.05) is 13.0 Å². The van der Waals surface area contributed by atoms with Crippen molar-refractivity contribution in [3.05, 3.63) is 11.8 Å². The normalized spacial score (nSPS) is 10.8. The lowest BCUT2D eigenvalue weighted by Crippen LogP contribution is -2.29. The van der Waals surface area contributed by atoms with Crippen LogP contribution in [0.2, 0.25) is 0 Å².